The van der Waals surface area contributed by atoms with E-state index in [2.05, 4.69) is 4.74 Å². The van der Waals surface area contributed by atoms with E-state index in [4.69, 9.17) is 0 Å². The lowest BCUT2D eigenvalue weighted by molar-refractivity contribution is -0.498. The second kappa shape index (κ2) is 4.56. The fraction of sp³-hybridized carbons (Fsp3) is 0.333. The quantitative estimate of drug-likeness (QED) is 0.341. The van der Waals surface area contributed by atoms with Gasteiger partial charge >= 0.3 is 5.97 Å². The van der Waals surface area contributed by atoms with Crippen LogP contribution in [0.25, 0.3) is 0 Å². The minimum Gasteiger partial charge on any atom is -0.463 e. The molecule has 2 rings (SSSR count). The Balaban J connectivity index is 2.24. The first-order valence-electron chi connectivity index (χ1n) is 5.38. The average Bonchev–Trinajstić information content (AvgIpc) is 3.13. The van der Waals surface area contributed by atoms with Gasteiger partial charge in [0, 0.05) is 4.92 Å². The number of hydrogen-bond acceptors (Lipinski definition) is 5. The number of nitro groups is 1. The van der Waals surface area contributed by atoms with Crippen LogP contribution in [0, 0.1) is 16.0 Å². The van der Waals surface area contributed by atoms with Crippen LogP contribution in [-0.4, -0.2) is 29.8 Å². The number of carbonyl (C=O) groups is 2. The third kappa shape index (κ3) is 1.97. The fourth-order valence-electron chi connectivity index (χ4n) is 2.19. The summed E-state index contributed by atoms with van der Waals surface area (Å²) in [5.41, 5.74) is 0.696. The molecule has 1 aliphatic rings. The number of nitrogens with zero attached hydrogens (tertiary/aromatic N) is 1. The lowest BCUT2D eigenvalue weighted by Gasteiger charge is -1.96. The molecule has 6 nitrogen and oxygen atoms in total. The highest BCUT2D eigenvalue weighted by atomic mass is 16.6. The monoisotopic (exact) mass is 249 g/mol. The number of ketones is 1. The molecule has 3 atom stereocenters. The Hall–Kier alpha value is -2.24. The van der Waals surface area contributed by atoms with E-state index in [1.165, 1.54) is 0 Å². The van der Waals surface area contributed by atoms with Crippen LogP contribution < -0.4 is 0 Å². The SMILES string of the molecule is COC(=O)C(=O)[C@@H]1[C@H](c2ccccc2)[C@H]1[N+](=O)[O-]. The molecule has 6 heteroatoms. The maximum atomic E-state index is 11.7. The number of methoxy groups -OCH3 is 1. The van der Waals surface area contributed by atoms with Gasteiger partial charge in [-0.25, -0.2) is 4.79 Å². The Kier molecular flexibility index (Phi) is 3.10. The van der Waals surface area contributed by atoms with Gasteiger partial charge in [0.1, 0.15) is 5.92 Å². The van der Waals surface area contributed by atoms with E-state index in [0.29, 0.717) is 5.56 Å². The van der Waals surface area contributed by atoms with Crippen molar-refractivity contribution in [2.75, 3.05) is 7.11 Å². The summed E-state index contributed by atoms with van der Waals surface area (Å²) >= 11 is 0. The zero-order chi connectivity index (χ0) is 13.3. The van der Waals surface area contributed by atoms with Crippen molar-refractivity contribution in [2.24, 2.45) is 5.92 Å². The summed E-state index contributed by atoms with van der Waals surface area (Å²) in [6.45, 7) is 0. The zero-order valence-corrected chi connectivity index (χ0v) is 9.61. The van der Waals surface area contributed by atoms with Gasteiger partial charge in [-0.3, -0.25) is 14.9 Å². The highest BCUT2D eigenvalue weighted by Crippen LogP contribution is 2.50. The summed E-state index contributed by atoms with van der Waals surface area (Å²) in [5.74, 6) is -3.29. The molecule has 0 saturated heterocycles. The molecule has 0 bridgehead atoms. The van der Waals surface area contributed by atoms with Gasteiger partial charge in [-0.1, -0.05) is 30.3 Å². The van der Waals surface area contributed by atoms with Crippen molar-refractivity contribution in [1.29, 1.82) is 0 Å². The van der Waals surface area contributed by atoms with Crippen LogP contribution >= 0.6 is 0 Å². The molecule has 0 unspecified atom stereocenters. The van der Waals surface area contributed by atoms with Gasteiger partial charge in [0.05, 0.1) is 13.0 Å². The van der Waals surface area contributed by atoms with Crippen molar-refractivity contribution >= 4 is 11.8 Å². The molecular weight excluding hydrogens is 238 g/mol. The number of benzene rings is 1. The average molecular weight is 249 g/mol. The topological polar surface area (TPSA) is 86.5 Å². The van der Waals surface area contributed by atoms with Crippen LogP contribution in [0.3, 0.4) is 0 Å². The summed E-state index contributed by atoms with van der Waals surface area (Å²) in [6.07, 6.45) is 0. The molecule has 0 spiro atoms. The Morgan fingerprint density at radius 1 is 1.28 bits per heavy atom. The van der Waals surface area contributed by atoms with E-state index in [1.54, 1.807) is 30.3 Å². The molecule has 1 aliphatic carbocycles. The minimum absolute atomic E-state index is 0.511. The molecule has 1 aromatic rings. The Morgan fingerprint density at radius 3 is 2.39 bits per heavy atom. The summed E-state index contributed by atoms with van der Waals surface area (Å²) in [5, 5.41) is 10.9. The second-order valence-corrected chi connectivity index (χ2v) is 4.09. The molecule has 18 heavy (non-hydrogen) atoms. The fourth-order valence-corrected chi connectivity index (χ4v) is 2.19. The van der Waals surface area contributed by atoms with E-state index in [1.807, 2.05) is 0 Å². The number of hydrogen-bond donors (Lipinski definition) is 0. The maximum absolute atomic E-state index is 11.7. The van der Waals surface area contributed by atoms with Crippen molar-refractivity contribution in [3.63, 3.8) is 0 Å². The molecule has 94 valence electrons. The third-order valence-corrected chi connectivity index (χ3v) is 3.10. The predicted octanol–water partition coefficient (Wildman–Crippen LogP) is 0.787. The number of esters is 1. The lowest BCUT2D eigenvalue weighted by atomic mass is 10.1. The van der Waals surface area contributed by atoms with Crippen LogP contribution in [-0.2, 0) is 14.3 Å². The van der Waals surface area contributed by atoms with Gasteiger partial charge in [-0.2, -0.15) is 0 Å². The predicted molar refractivity (Wildman–Crippen MR) is 60.5 cm³/mol. The standard InChI is InChI=1S/C12H11NO5/c1-18-12(15)11(14)9-8(10(9)13(16)17)7-5-3-2-4-6-7/h2-6,8-10H,1H3/t8-,9+,10+/m0/s1. The largest absolute Gasteiger partial charge is 0.463 e. The summed E-state index contributed by atoms with van der Waals surface area (Å²) in [6, 6.07) is 7.66. The second-order valence-electron chi connectivity index (χ2n) is 4.09. The summed E-state index contributed by atoms with van der Waals surface area (Å²) in [4.78, 5) is 33.2. The summed E-state index contributed by atoms with van der Waals surface area (Å²) < 4.78 is 4.31. The van der Waals surface area contributed by atoms with Crippen LogP contribution in [0.1, 0.15) is 11.5 Å². The highest BCUT2D eigenvalue weighted by Gasteiger charge is 2.66. The molecule has 1 saturated carbocycles. The first-order valence-corrected chi connectivity index (χ1v) is 5.38. The Bertz CT molecular complexity index is 498. The number of rotatable bonds is 4. The van der Waals surface area contributed by atoms with Crippen LogP contribution in [0.5, 0.6) is 0 Å². The van der Waals surface area contributed by atoms with Gasteiger partial charge < -0.3 is 4.74 Å². The van der Waals surface area contributed by atoms with Crippen LogP contribution in [0.2, 0.25) is 0 Å². The van der Waals surface area contributed by atoms with Crippen molar-refractivity contribution in [2.45, 2.75) is 12.0 Å². The van der Waals surface area contributed by atoms with Crippen LogP contribution in [0.15, 0.2) is 30.3 Å². The molecule has 0 aliphatic heterocycles. The third-order valence-electron chi connectivity index (χ3n) is 3.10. The first kappa shape index (κ1) is 12.2. The molecular formula is C12H11NO5. The molecule has 1 fully saturated rings. The van der Waals surface area contributed by atoms with Gasteiger partial charge in [0.15, 0.2) is 0 Å². The molecule has 0 aromatic heterocycles. The zero-order valence-electron chi connectivity index (χ0n) is 9.61. The molecule has 1 aromatic carbocycles. The Morgan fingerprint density at radius 2 is 1.89 bits per heavy atom. The van der Waals surface area contributed by atoms with Crippen molar-refractivity contribution in [1.82, 2.24) is 0 Å². The van der Waals surface area contributed by atoms with E-state index in [-0.39, 0.29) is 0 Å². The van der Waals surface area contributed by atoms with E-state index >= 15 is 0 Å². The van der Waals surface area contributed by atoms with Gasteiger partial charge in [0.25, 0.3) is 5.78 Å². The van der Waals surface area contributed by atoms with Gasteiger partial charge in [-0.15, -0.1) is 0 Å². The van der Waals surface area contributed by atoms with Gasteiger partial charge in [0.2, 0.25) is 6.04 Å². The van der Waals surface area contributed by atoms with E-state index < -0.39 is 34.6 Å². The lowest BCUT2D eigenvalue weighted by Crippen LogP contribution is -2.21. The first-order chi connectivity index (χ1) is 8.57. The van der Waals surface area contributed by atoms with Crippen molar-refractivity contribution < 1.29 is 19.2 Å². The van der Waals surface area contributed by atoms with E-state index in [9.17, 15) is 19.7 Å². The summed E-state index contributed by atoms with van der Waals surface area (Å²) in [7, 11) is 1.08. The van der Waals surface area contributed by atoms with Crippen LogP contribution in [0.4, 0.5) is 0 Å². The molecule has 0 radical (unpaired) electrons. The number of Topliss-reactive ketones (excluding diaryl/α,β-unsaturated/α-hetero) is 1. The smallest absolute Gasteiger partial charge is 0.374 e. The maximum Gasteiger partial charge on any atom is 0.374 e. The van der Waals surface area contributed by atoms with Gasteiger partial charge in [-0.05, 0) is 5.56 Å². The van der Waals surface area contributed by atoms with Crippen molar-refractivity contribution in [3.8, 4) is 0 Å². The molecule has 0 amide bonds. The molecule has 0 N–H and O–H groups in total. The Labute approximate surface area is 103 Å². The normalized spacial score (nSPS) is 25.3. The minimum atomic E-state index is -1.03. The number of carbonyl (C=O) groups excluding carboxylic acids is 2. The molecule has 0 heterocycles. The van der Waals surface area contributed by atoms with Crippen molar-refractivity contribution in [3.05, 3.63) is 46.0 Å². The number of ether oxygens (including phenoxy) is 1. The highest BCUT2D eigenvalue weighted by molar-refractivity contribution is 6.35. The van der Waals surface area contributed by atoms with E-state index in [0.717, 1.165) is 7.11 Å².